The van der Waals surface area contributed by atoms with Gasteiger partial charge in [0.05, 0.1) is 6.10 Å². The minimum Gasteiger partial charge on any atom is -0.392 e. The van der Waals surface area contributed by atoms with Gasteiger partial charge in [0.1, 0.15) is 0 Å². The predicted molar refractivity (Wildman–Crippen MR) is 74.4 cm³/mol. The number of fused-ring (bicyclic) bond motifs is 1. The van der Waals surface area contributed by atoms with Gasteiger partial charge < -0.3 is 10.8 Å². The molecule has 1 heterocycles. The Morgan fingerprint density at radius 1 is 1.39 bits per heavy atom. The molecule has 3 nitrogen and oxygen atoms in total. The van der Waals surface area contributed by atoms with Crippen LogP contribution >= 0.6 is 0 Å². The van der Waals surface area contributed by atoms with Crippen LogP contribution in [-0.4, -0.2) is 35.7 Å². The van der Waals surface area contributed by atoms with Crippen LogP contribution in [0.25, 0.3) is 0 Å². The van der Waals surface area contributed by atoms with Crippen molar-refractivity contribution >= 4 is 0 Å². The number of hydrogen-bond donors (Lipinski definition) is 2. The normalized spacial score (nSPS) is 21.9. The van der Waals surface area contributed by atoms with Gasteiger partial charge in [0.2, 0.25) is 0 Å². The molecule has 2 atom stereocenters. The van der Waals surface area contributed by atoms with Crippen molar-refractivity contribution in [1.29, 1.82) is 0 Å². The van der Waals surface area contributed by atoms with Gasteiger partial charge in [-0.05, 0) is 23.5 Å². The van der Waals surface area contributed by atoms with E-state index < -0.39 is 0 Å². The minimum absolute atomic E-state index is 0.253. The van der Waals surface area contributed by atoms with Crippen LogP contribution in [0.2, 0.25) is 0 Å². The largest absolute Gasteiger partial charge is 0.392 e. The van der Waals surface area contributed by atoms with E-state index in [1.807, 2.05) is 0 Å². The molecule has 0 amide bonds. The van der Waals surface area contributed by atoms with E-state index in [4.69, 9.17) is 5.73 Å². The molecule has 1 aliphatic heterocycles. The van der Waals surface area contributed by atoms with Crippen LogP contribution in [-0.2, 0) is 6.42 Å². The van der Waals surface area contributed by atoms with Crippen molar-refractivity contribution in [2.75, 3.05) is 19.6 Å². The second-order valence-electron chi connectivity index (χ2n) is 5.51. The molecule has 1 aromatic rings. The molecule has 3 heteroatoms. The lowest BCUT2D eigenvalue weighted by Gasteiger charge is -2.38. The van der Waals surface area contributed by atoms with E-state index in [9.17, 15) is 5.11 Å². The van der Waals surface area contributed by atoms with Gasteiger partial charge in [0.15, 0.2) is 0 Å². The number of nitrogens with two attached hydrogens (primary N) is 1. The van der Waals surface area contributed by atoms with Gasteiger partial charge in [0, 0.05) is 25.7 Å². The average molecular weight is 248 g/mol. The van der Waals surface area contributed by atoms with Gasteiger partial charge in [0.25, 0.3) is 0 Å². The van der Waals surface area contributed by atoms with Crippen LogP contribution < -0.4 is 5.73 Å². The molecule has 1 aromatic carbocycles. The molecule has 0 saturated carbocycles. The first-order valence-electron chi connectivity index (χ1n) is 6.83. The van der Waals surface area contributed by atoms with Gasteiger partial charge >= 0.3 is 0 Å². The summed E-state index contributed by atoms with van der Waals surface area (Å²) >= 11 is 0. The van der Waals surface area contributed by atoms with E-state index in [1.165, 1.54) is 11.1 Å². The third kappa shape index (κ3) is 2.74. The van der Waals surface area contributed by atoms with E-state index in [-0.39, 0.29) is 12.1 Å². The van der Waals surface area contributed by atoms with Gasteiger partial charge in [-0.2, -0.15) is 0 Å². The number of nitrogens with zero attached hydrogens (tertiary/aromatic N) is 1. The highest BCUT2D eigenvalue weighted by Crippen LogP contribution is 2.29. The summed E-state index contributed by atoms with van der Waals surface area (Å²) in [4.78, 5) is 2.33. The lowest BCUT2D eigenvalue weighted by atomic mass is 9.92. The van der Waals surface area contributed by atoms with E-state index >= 15 is 0 Å². The molecule has 0 radical (unpaired) electrons. The van der Waals surface area contributed by atoms with Crippen molar-refractivity contribution in [3.63, 3.8) is 0 Å². The molecule has 2 rings (SSSR count). The highest BCUT2D eigenvalue weighted by Gasteiger charge is 2.27. The molecule has 1 aliphatic rings. The fraction of sp³-hybridized carbons (Fsp3) is 0.600. The summed E-state index contributed by atoms with van der Waals surface area (Å²) < 4.78 is 0. The lowest BCUT2D eigenvalue weighted by molar-refractivity contribution is 0.0548. The summed E-state index contributed by atoms with van der Waals surface area (Å²) in [5, 5.41) is 10.1. The predicted octanol–water partition coefficient (Wildman–Crippen LogP) is 1.56. The monoisotopic (exact) mass is 248 g/mol. The molecule has 0 aliphatic carbocycles. The highest BCUT2D eigenvalue weighted by molar-refractivity contribution is 5.32. The van der Waals surface area contributed by atoms with E-state index in [0.29, 0.717) is 19.0 Å². The lowest BCUT2D eigenvalue weighted by Crippen LogP contribution is -2.44. The zero-order valence-corrected chi connectivity index (χ0v) is 11.3. The Hall–Kier alpha value is -0.900. The van der Waals surface area contributed by atoms with Crippen molar-refractivity contribution in [3.05, 3.63) is 35.4 Å². The molecular weight excluding hydrogens is 224 g/mol. The first kappa shape index (κ1) is 13.5. The number of β-amino-alcohol motifs (C(OH)–C–C–N with tert-alkyl or cyclic N) is 1. The number of aliphatic hydroxyl groups excluding tert-OH is 1. The fourth-order valence-corrected chi connectivity index (χ4v) is 2.65. The first-order valence-corrected chi connectivity index (χ1v) is 6.83. The zero-order valence-electron chi connectivity index (χ0n) is 11.3. The molecule has 0 fully saturated rings. The first-order chi connectivity index (χ1) is 8.63. The van der Waals surface area contributed by atoms with Crippen LogP contribution in [0, 0.1) is 5.92 Å². The maximum absolute atomic E-state index is 10.1. The third-order valence-electron chi connectivity index (χ3n) is 3.94. The third-order valence-corrected chi connectivity index (χ3v) is 3.94. The Morgan fingerprint density at radius 2 is 2.11 bits per heavy atom. The molecule has 0 spiro atoms. The smallest absolute Gasteiger partial charge is 0.0690 e. The molecule has 0 aromatic heterocycles. The Morgan fingerprint density at radius 3 is 2.78 bits per heavy atom. The van der Waals surface area contributed by atoms with Gasteiger partial charge in [-0.25, -0.2) is 0 Å². The second-order valence-corrected chi connectivity index (χ2v) is 5.51. The van der Waals surface area contributed by atoms with Crippen molar-refractivity contribution in [1.82, 2.24) is 4.90 Å². The molecular formula is C15H24N2O. The second kappa shape index (κ2) is 5.83. The number of hydrogen-bond acceptors (Lipinski definition) is 3. The molecule has 2 unspecified atom stereocenters. The van der Waals surface area contributed by atoms with Crippen LogP contribution in [0.3, 0.4) is 0 Å². The summed E-state index contributed by atoms with van der Waals surface area (Å²) in [6.07, 6.45) is 0.779. The van der Waals surface area contributed by atoms with Crippen molar-refractivity contribution in [2.45, 2.75) is 32.4 Å². The zero-order chi connectivity index (χ0) is 13.1. The van der Waals surface area contributed by atoms with Crippen molar-refractivity contribution in [3.8, 4) is 0 Å². The fourth-order valence-electron chi connectivity index (χ4n) is 2.65. The number of benzene rings is 1. The maximum Gasteiger partial charge on any atom is 0.0690 e. The standard InChI is InChI=1S/C15H24N2O/c1-11(2)15(18)10-17-8-7-12-5-3-4-6-13(12)14(17)9-16/h3-6,11,14-15,18H,7-10,16H2,1-2H3. The van der Waals surface area contributed by atoms with Crippen molar-refractivity contribution < 1.29 is 5.11 Å². The summed E-state index contributed by atoms with van der Waals surface area (Å²) in [7, 11) is 0. The molecule has 0 bridgehead atoms. The van der Waals surface area contributed by atoms with E-state index in [0.717, 1.165) is 13.0 Å². The number of aliphatic hydroxyl groups is 1. The summed E-state index contributed by atoms with van der Waals surface area (Å²) in [5.41, 5.74) is 8.68. The highest BCUT2D eigenvalue weighted by atomic mass is 16.3. The summed E-state index contributed by atoms with van der Waals surface area (Å²) in [5.74, 6) is 0.292. The van der Waals surface area contributed by atoms with Crippen LogP contribution in [0.15, 0.2) is 24.3 Å². The van der Waals surface area contributed by atoms with Crippen molar-refractivity contribution in [2.24, 2.45) is 11.7 Å². The van der Waals surface area contributed by atoms with Gasteiger partial charge in [-0.15, -0.1) is 0 Å². The van der Waals surface area contributed by atoms with E-state index in [1.54, 1.807) is 0 Å². The molecule has 100 valence electrons. The Labute approximate surface area is 110 Å². The maximum atomic E-state index is 10.1. The average Bonchev–Trinajstić information content (AvgIpc) is 2.38. The topological polar surface area (TPSA) is 49.5 Å². The quantitative estimate of drug-likeness (QED) is 0.850. The summed E-state index contributed by atoms with van der Waals surface area (Å²) in [6, 6.07) is 8.77. The van der Waals surface area contributed by atoms with E-state index in [2.05, 4.69) is 43.0 Å². The Balaban J connectivity index is 2.15. The van der Waals surface area contributed by atoms with Crippen LogP contribution in [0.5, 0.6) is 0 Å². The molecule has 18 heavy (non-hydrogen) atoms. The molecule has 0 saturated heterocycles. The van der Waals surface area contributed by atoms with Crippen LogP contribution in [0.1, 0.15) is 31.0 Å². The Bertz CT molecular complexity index is 392. The van der Waals surface area contributed by atoms with Crippen LogP contribution in [0.4, 0.5) is 0 Å². The SMILES string of the molecule is CC(C)C(O)CN1CCc2ccccc2C1CN. The Kier molecular flexibility index (Phi) is 4.38. The van der Waals surface area contributed by atoms with Gasteiger partial charge in [-0.1, -0.05) is 38.1 Å². The minimum atomic E-state index is -0.274. The molecule has 3 N–H and O–H groups in total. The summed E-state index contributed by atoms with van der Waals surface area (Å²) in [6.45, 7) is 6.43. The van der Waals surface area contributed by atoms with Gasteiger partial charge in [-0.3, -0.25) is 4.90 Å². The number of rotatable bonds is 4.